The minimum atomic E-state index is -0.384. The molecule has 27 heavy (non-hydrogen) atoms. The predicted molar refractivity (Wildman–Crippen MR) is 111 cm³/mol. The zero-order valence-electron chi connectivity index (χ0n) is 15.5. The van der Waals surface area contributed by atoms with Gasteiger partial charge in [0.25, 0.3) is 0 Å². The van der Waals surface area contributed by atoms with Gasteiger partial charge in [0.05, 0.1) is 0 Å². The Bertz CT molecular complexity index is 935. The fourth-order valence-electron chi connectivity index (χ4n) is 4.21. The number of carbonyl (C=O) groups is 1. The average molecular weight is 355 g/mol. The molecule has 2 heteroatoms. The lowest BCUT2D eigenvalue weighted by Gasteiger charge is -2.10. The molecule has 1 amide bonds. The number of nitrogens with two attached hydrogens (primary N) is 1. The molecule has 0 heterocycles. The van der Waals surface area contributed by atoms with Crippen molar-refractivity contribution in [2.24, 2.45) is 11.7 Å². The number of amides is 1. The second kappa shape index (κ2) is 7.79. The maximum atomic E-state index is 11.4. The second-order valence-electron chi connectivity index (χ2n) is 7.58. The van der Waals surface area contributed by atoms with E-state index in [1.807, 2.05) is 18.2 Å². The van der Waals surface area contributed by atoms with Gasteiger partial charge < -0.3 is 5.73 Å². The molecule has 0 radical (unpaired) electrons. The minimum absolute atomic E-state index is 0.384. The molecule has 3 aromatic carbocycles. The summed E-state index contributed by atoms with van der Waals surface area (Å²) in [5, 5.41) is 0. The number of fused-ring (bicyclic) bond motifs is 1. The van der Waals surface area contributed by atoms with Gasteiger partial charge in [0.2, 0.25) is 5.91 Å². The Kier molecular flexibility index (Phi) is 5.06. The van der Waals surface area contributed by atoms with Crippen molar-refractivity contribution in [3.05, 3.63) is 95.1 Å². The third-order valence-corrected chi connectivity index (χ3v) is 5.62. The summed E-state index contributed by atoms with van der Waals surface area (Å²) in [5.41, 5.74) is 12.6. The molecule has 0 bridgehead atoms. The zero-order valence-corrected chi connectivity index (χ0v) is 15.5. The Balaban J connectivity index is 1.38. The van der Waals surface area contributed by atoms with E-state index in [0.717, 1.165) is 23.5 Å². The standard InChI is InChI=1S/C25H25NO/c26-25(27)24-13-5-12-23(17-24)22-11-4-7-18(14-22)6-3-8-19-15-20-9-1-2-10-21(20)16-19/h1-2,4-5,7,9-14,17,19H,3,6,8,15-16H2,(H2,26,27). The molecular formula is C25H25NO. The van der Waals surface area contributed by atoms with Crippen LogP contribution in [0.15, 0.2) is 72.8 Å². The van der Waals surface area contributed by atoms with Crippen LogP contribution in [0.5, 0.6) is 0 Å². The molecule has 0 atom stereocenters. The van der Waals surface area contributed by atoms with Crippen molar-refractivity contribution in [1.82, 2.24) is 0 Å². The quantitative estimate of drug-likeness (QED) is 0.649. The highest BCUT2D eigenvalue weighted by molar-refractivity contribution is 5.94. The average Bonchev–Trinajstić information content (AvgIpc) is 3.11. The third-order valence-electron chi connectivity index (χ3n) is 5.62. The van der Waals surface area contributed by atoms with E-state index < -0.39 is 0 Å². The van der Waals surface area contributed by atoms with E-state index in [1.54, 1.807) is 17.2 Å². The number of rotatable bonds is 6. The summed E-state index contributed by atoms with van der Waals surface area (Å²) in [6.07, 6.45) is 6.04. The van der Waals surface area contributed by atoms with Crippen molar-refractivity contribution in [2.75, 3.05) is 0 Å². The highest BCUT2D eigenvalue weighted by Gasteiger charge is 2.20. The van der Waals surface area contributed by atoms with Crippen LogP contribution >= 0.6 is 0 Å². The lowest BCUT2D eigenvalue weighted by atomic mass is 9.95. The largest absolute Gasteiger partial charge is 0.366 e. The molecule has 2 N–H and O–H groups in total. The van der Waals surface area contributed by atoms with Gasteiger partial charge in [-0.1, -0.05) is 60.7 Å². The first-order valence-corrected chi connectivity index (χ1v) is 9.75. The van der Waals surface area contributed by atoms with Gasteiger partial charge in [0.15, 0.2) is 0 Å². The van der Waals surface area contributed by atoms with Crippen molar-refractivity contribution >= 4 is 5.91 Å². The number of aryl methyl sites for hydroxylation is 1. The lowest BCUT2D eigenvalue weighted by molar-refractivity contribution is 0.100. The molecule has 0 saturated carbocycles. The highest BCUT2D eigenvalue weighted by atomic mass is 16.1. The van der Waals surface area contributed by atoms with Crippen LogP contribution in [0.4, 0.5) is 0 Å². The van der Waals surface area contributed by atoms with E-state index in [1.165, 1.54) is 31.2 Å². The van der Waals surface area contributed by atoms with Crippen LogP contribution in [-0.4, -0.2) is 5.91 Å². The fourth-order valence-corrected chi connectivity index (χ4v) is 4.21. The van der Waals surface area contributed by atoms with Crippen molar-refractivity contribution in [2.45, 2.75) is 32.1 Å². The van der Waals surface area contributed by atoms with E-state index >= 15 is 0 Å². The molecule has 0 aliphatic heterocycles. The van der Waals surface area contributed by atoms with Crippen LogP contribution in [-0.2, 0) is 19.3 Å². The van der Waals surface area contributed by atoms with Crippen LogP contribution in [0, 0.1) is 5.92 Å². The molecule has 0 fully saturated rings. The summed E-state index contributed by atoms with van der Waals surface area (Å²) in [7, 11) is 0. The maximum absolute atomic E-state index is 11.4. The molecule has 0 unspecified atom stereocenters. The summed E-state index contributed by atoms with van der Waals surface area (Å²) in [6, 6.07) is 25.0. The van der Waals surface area contributed by atoms with Crippen molar-refractivity contribution < 1.29 is 4.79 Å². The molecule has 0 saturated heterocycles. The van der Waals surface area contributed by atoms with Crippen LogP contribution in [0.1, 0.15) is 39.9 Å². The first kappa shape index (κ1) is 17.5. The van der Waals surface area contributed by atoms with Gasteiger partial charge in [0, 0.05) is 5.56 Å². The Morgan fingerprint density at radius 3 is 2.22 bits per heavy atom. The Labute approximate surface area is 161 Å². The van der Waals surface area contributed by atoms with Gasteiger partial charge in [-0.3, -0.25) is 4.79 Å². The van der Waals surface area contributed by atoms with E-state index in [0.29, 0.717) is 5.56 Å². The molecule has 1 aliphatic rings. The Morgan fingerprint density at radius 1 is 0.852 bits per heavy atom. The number of carbonyl (C=O) groups excluding carboxylic acids is 1. The molecule has 1 aliphatic carbocycles. The molecule has 136 valence electrons. The number of hydrogen-bond donors (Lipinski definition) is 1. The summed E-state index contributed by atoms with van der Waals surface area (Å²) in [4.78, 5) is 11.4. The fraction of sp³-hybridized carbons (Fsp3) is 0.240. The maximum Gasteiger partial charge on any atom is 0.248 e. The monoisotopic (exact) mass is 355 g/mol. The van der Waals surface area contributed by atoms with Crippen LogP contribution in [0.3, 0.4) is 0 Å². The van der Waals surface area contributed by atoms with E-state index in [9.17, 15) is 4.79 Å². The van der Waals surface area contributed by atoms with Gasteiger partial charge in [-0.15, -0.1) is 0 Å². The van der Waals surface area contributed by atoms with E-state index in [-0.39, 0.29) is 5.91 Å². The van der Waals surface area contributed by atoms with Gasteiger partial charge in [0.1, 0.15) is 0 Å². The Morgan fingerprint density at radius 2 is 1.52 bits per heavy atom. The first-order chi connectivity index (χ1) is 13.2. The van der Waals surface area contributed by atoms with Gasteiger partial charge in [-0.2, -0.15) is 0 Å². The van der Waals surface area contributed by atoms with Gasteiger partial charge in [-0.25, -0.2) is 0 Å². The summed E-state index contributed by atoms with van der Waals surface area (Å²) in [6.45, 7) is 0. The molecule has 3 aromatic rings. The number of hydrogen-bond acceptors (Lipinski definition) is 1. The lowest BCUT2D eigenvalue weighted by Crippen LogP contribution is -2.10. The predicted octanol–water partition coefficient (Wildman–Crippen LogP) is 5.19. The normalized spacial score (nSPS) is 13.5. The molecule has 0 spiro atoms. The van der Waals surface area contributed by atoms with Crippen LogP contribution < -0.4 is 5.73 Å². The molecule has 0 aromatic heterocycles. The third kappa shape index (κ3) is 4.11. The number of benzene rings is 3. The molecule has 4 rings (SSSR count). The van der Waals surface area contributed by atoms with Crippen LogP contribution in [0.2, 0.25) is 0 Å². The summed E-state index contributed by atoms with van der Waals surface area (Å²) in [5.74, 6) is 0.406. The second-order valence-corrected chi connectivity index (χ2v) is 7.58. The highest BCUT2D eigenvalue weighted by Crippen LogP contribution is 2.30. The number of primary amides is 1. The van der Waals surface area contributed by atoms with Crippen molar-refractivity contribution in [1.29, 1.82) is 0 Å². The minimum Gasteiger partial charge on any atom is -0.366 e. The smallest absolute Gasteiger partial charge is 0.248 e. The summed E-state index contributed by atoms with van der Waals surface area (Å²) < 4.78 is 0. The Hall–Kier alpha value is -2.87. The van der Waals surface area contributed by atoms with Gasteiger partial charge in [-0.05, 0) is 78.0 Å². The SMILES string of the molecule is NC(=O)c1cccc(-c2cccc(CCCC3Cc4ccccc4C3)c2)c1. The van der Waals surface area contributed by atoms with Crippen LogP contribution in [0.25, 0.3) is 11.1 Å². The van der Waals surface area contributed by atoms with E-state index in [2.05, 4.69) is 48.5 Å². The molecular weight excluding hydrogens is 330 g/mol. The van der Waals surface area contributed by atoms with E-state index in [4.69, 9.17) is 5.73 Å². The first-order valence-electron chi connectivity index (χ1n) is 9.75. The van der Waals surface area contributed by atoms with Gasteiger partial charge >= 0.3 is 0 Å². The topological polar surface area (TPSA) is 43.1 Å². The molecule has 2 nitrogen and oxygen atoms in total. The van der Waals surface area contributed by atoms with Crippen molar-refractivity contribution in [3.63, 3.8) is 0 Å². The summed E-state index contributed by atoms with van der Waals surface area (Å²) >= 11 is 0. The van der Waals surface area contributed by atoms with Crippen molar-refractivity contribution in [3.8, 4) is 11.1 Å². The zero-order chi connectivity index (χ0) is 18.6.